The number of aromatic nitrogens is 2. The van der Waals surface area contributed by atoms with Crippen molar-refractivity contribution in [2.24, 2.45) is 0 Å². The van der Waals surface area contributed by atoms with Crippen LogP contribution in [0.25, 0.3) is 5.69 Å². The molecule has 3 aromatic rings. The number of carboxylic acids is 1. The largest absolute Gasteiger partial charge is 0.481 e. The number of carbonyl (C=O) groups is 2. The highest BCUT2D eigenvalue weighted by Gasteiger charge is 2.32. The Bertz CT molecular complexity index is 1230. The second-order valence-corrected chi connectivity index (χ2v) is 6.65. The fourth-order valence-electron chi connectivity index (χ4n) is 2.96. The van der Waals surface area contributed by atoms with E-state index < -0.39 is 64.5 Å². The number of aliphatic carboxylic acids is 1. The second-order valence-electron chi connectivity index (χ2n) is 6.65. The van der Waals surface area contributed by atoms with Crippen LogP contribution in [0.4, 0.5) is 22.0 Å². The van der Waals surface area contributed by atoms with Gasteiger partial charge in [-0.05, 0) is 24.3 Å². The highest BCUT2D eigenvalue weighted by molar-refractivity contribution is 5.92. The van der Waals surface area contributed by atoms with Crippen molar-refractivity contribution < 1.29 is 36.6 Å². The molecular formula is C20H14F5N3O4. The van der Waals surface area contributed by atoms with Gasteiger partial charge < -0.3 is 10.4 Å². The molecule has 0 saturated heterocycles. The molecular weight excluding hydrogens is 441 g/mol. The van der Waals surface area contributed by atoms with Crippen LogP contribution in [0.2, 0.25) is 0 Å². The SMILES string of the molecule is O=C(O)CC(NC(=O)c1cc(=O)n(-c2ccccc2F)[nH]1)c1ccc(C(F)(F)F)cc1F. The Balaban J connectivity index is 1.91. The molecule has 1 unspecified atom stereocenters. The zero-order valence-electron chi connectivity index (χ0n) is 15.9. The molecule has 1 heterocycles. The number of nitrogens with one attached hydrogen (secondary N) is 2. The van der Waals surface area contributed by atoms with E-state index >= 15 is 0 Å². The summed E-state index contributed by atoms with van der Waals surface area (Å²) in [4.78, 5) is 35.8. The van der Waals surface area contributed by atoms with Crippen LogP contribution >= 0.6 is 0 Å². The number of halogens is 5. The number of nitrogens with zero attached hydrogens (tertiary/aromatic N) is 1. The van der Waals surface area contributed by atoms with Gasteiger partial charge in [-0.3, -0.25) is 19.5 Å². The first-order valence-electron chi connectivity index (χ1n) is 8.93. The summed E-state index contributed by atoms with van der Waals surface area (Å²) < 4.78 is 67.3. The van der Waals surface area contributed by atoms with Gasteiger partial charge in [-0.15, -0.1) is 0 Å². The van der Waals surface area contributed by atoms with Crippen molar-refractivity contribution in [3.63, 3.8) is 0 Å². The standard InChI is InChI=1S/C20H14F5N3O4/c21-12-3-1-2-4-16(12)28-17(29)8-15(27-28)19(32)26-14(9-18(30)31)11-6-5-10(7-13(11)22)20(23,24)25/h1-8,14,27H,9H2,(H,26,32)(H,30,31). The third-order valence-corrected chi connectivity index (χ3v) is 4.45. The van der Waals surface area contributed by atoms with E-state index in [-0.39, 0.29) is 11.8 Å². The topological polar surface area (TPSA) is 104 Å². The number of para-hydroxylation sites is 1. The van der Waals surface area contributed by atoms with Crippen molar-refractivity contribution >= 4 is 11.9 Å². The van der Waals surface area contributed by atoms with E-state index in [0.29, 0.717) is 6.07 Å². The van der Waals surface area contributed by atoms with Gasteiger partial charge in [0.1, 0.15) is 23.0 Å². The van der Waals surface area contributed by atoms with Gasteiger partial charge in [-0.25, -0.2) is 13.5 Å². The molecule has 0 aliphatic rings. The van der Waals surface area contributed by atoms with Crippen LogP contribution < -0.4 is 10.9 Å². The zero-order valence-corrected chi connectivity index (χ0v) is 15.9. The van der Waals surface area contributed by atoms with Gasteiger partial charge in [-0.1, -0.05) is 18.2 Å². The molecule has 1 amide bonds. The first-order valence-corrected chi connectivity index (χ1v) is 8.93. The lowest BCUT2D eigenvalue weighted by molar-refractivity contribution is -0.138. The lowest BCUT2D eigenvalue weighted by Gasteiger charge is -2.18. The molecule has 12 heteroatoms. The van der Waals surface area contributed by atoms with E-state index in [4.69, 9.17) is 5.11 Å². The summed E-state index contributed by atoms with van der Waals surface area (Å²) in [5.74, 6) is -4.66. The van der Waals surface area contributed by atoms with Crippen LogP contribution in [0.3, 0.4) is 0 Å². The van der Waals surface area contributed by atoms with Crippen molar-refractivity contribution in [2.45, 2.75) is 18.6 Å². The minimum absolute atomic E-state index is 0.187. The fraction of sp³-hybridized carbons (Fsp3) is 0.150. The van der Waals surface area contributed by atoms with Crippen LogP contribution in [-0.2, 0) is 11.0 Å². The number of rotatable bonds is 6. The molecule has 2 aromatic carbocycles. The van der Waals surface area contributed by atoms with Crippen LogP contribution in [0.5, 0.6) is 0 Å². The van der Waals surface area contributed by atoms with Crippen molar-refractivity contribution in [1.82, 2.24) is 15.1 Å². The zero-order chi connectivity index (χ0) is 23.6. The lowest BCUT2D eigenvalue weighted by Crippen LogP contribution is -2.31. The van der Waals surface area contributed by atoms with Crippen LogP contribution in [0, 0.1) is 11.6 Å². The Morgan fingerprint density at radius 3 is 2.34 bits per heavy atom. The predicted octanol–water partition coefficient (Wildman–Crippen LogP) is 3.41. The van der Waals surface area contributed by atoms with Gasteiger partial charge in [-0.2, -0.15) is 13.2 Å². The lowest BCUT2D eigenvalue weighted by atomic mass is 10.0. The van der Waals surface area contributed by atoms with Gasteiger partial charge in [0.25, 0.3) is 11.5 Å². The molecule has 0 aliphatic heterocycles. The smallest absolute Gasteiger partial charge is 0.416 e. The Kier molecular flexibility index (Phi) is 6.14. The molecule has 0 spiro atoms. The monoisotopic (exact) mass is 455 g/mol. The average Bonchev–Trinajstić information content (AvgIpc) is 3.08. The Morgan fingerprint density at radius 1 is 1.06 bits per heavy atom. The molecule has 0 radical (unpaired) electrons. The van der Waals surface area contributed by atoms with Crippen LogP contribution in [0.1, 0.15) is 34.1 Å². The molecule has 32 heavy (non-hydrogen) atoms. The molecule has 7 nitrogen and oxygen atoms in total. The quantitative estimate of drug-likeness (QED) is 0.496. The molecule has 3 rings (SSSR count). The number of H-pyrrole nitrogens is 1. The van der Waals surface area contributed by atoms with E-state index in [0.717, 1.165) is 22.9 Å². The third-order valence-electron chi connectivity index (χ3n) is 4.45. The second kappa shape index (κ2) is 8.65. The van der Waals surface area contributed by atoms with Crippen molar-refractivity contribution in [3.05, 3.63) is 87.3 Å². The molecule has 168 valence electrons. The van der Waals surface area contributed by atoms with E-state index in [1.165, 1.54) is 18.2 Å². The molecule has 1 aromatic heterocycles. The molecule has 0 saturated carbocycles. The Morgan fingerprint density at radius 2 is 1.75 bits per heavy atom. The molecule has 1 atom stereocenters. The molecule has 0 bridgehead atoms. The maximum atomic E-state index is 14.3. The van der Waals surface area contributed by atoms with E-state index in [1.54, 1.807) is 0 Å². The molecule has 0 aliphatic carbocycles. The summed E-state index contributed by atoms with van der Waals surface area (Å²) in [6.45, 7) is 0. The van der Waals surface area contributed by atoms with E-state index in [1.807, 2.05) is 0 Å². The highest BCUT2D eigenvalue weighted by atomic mass is 19.4. The summed E-state index contributed by atoms with van der Waals surface area (Å²) in [6.07, 6.45) is -5.67. The molecule has 0 fully saturated rings. The van der Waals surface area contributed by atoms with Crippen LogP contribution in [0.15, 0.2) is 53.3 Å². The molecule has 3 N–H and O–H groups in total. The van der Waals surface area contributed by atoms with Gasteiger partial charge in [0.2, 0.25) is 0 Å². The Hall–Kier alpha value is -3.96. The Labute approximate surface area is 176 Å². The number of benzene rings is 2. The highest BCUT2D eigenvalue weighted by Crippen LogP contribution is 2.32. The maximum Gasteiger partial charge on any atom is 0.416 e. The summed E-state index contributed by atoms with van der Waals surface area (Å²) in [5.41, 5.74) is -3.18. The number of hydrogen-bond acceptors (Lipinski definition) is 3. The average molecular weight is 455 g/mol. The number of carboxylic acid groups (broad SMARTS) is 1. The van der Waals surface area contributed by atoms with Crippen molar-refractivity contribution in [3.8, 4) is 5.69 Å². The minimum Gasteiger partial charge on any atom is -0.481 e. The first-order chi connectivity index (χ1) is 15.0. The summed E-state index contributed by atoms with van der Waals surface area (Å²) in [5, 5.41) is 13.6. The summed E-state index contributed by atoms with van der Waals surface area (Å²) in [6, 6.07) is 5.89. The fourth-order valence-corrected chi connectivity index (χ4v) is 2.96. The van der Waals surface area contributed by atoms with E-state index in [9.17, 15) is 36.3 Å². The summed E-state index contributed by atoms with van der Waals surface area (Å²) in [7, 11) is 0. The number of hydrogen-bond donors (Lipinski definition) is 3. The van der Waals surface area contributed by atoms with Gasteiger partial charge in [0, 0.05) is 11.6 Å². The van der Waals surface area contributed by atoms with Gasteiger partial charge >= 0.3 is 12.1 Å². The maximum absolute atomic E-state index is 14.3. The minimum atomic E-state index is -4.82. The third kappa shape index (κ3) is 4.85. The number of aromatic amines is 1. The normalized spacial score (nSPS) is 12.4. The van der Waals surface area contributed by atoms with Crippen LogP contribution in [-0.4, -0.2) is 26.8 Å². The first kappa shape index (κ1) is 22.7. The number of carbonyl (C=O) groups excluding carboxylic acids is 1. The predicted molar refractivity (Wildman–Crippen MR) is 100 cm³/mol. The number of amides is 1. The van der Waals surface area contributed by atoms with E-state index in [2.05, 4.69) is 10.4 Å². The van der Waals surface area contributed by atoms with Crippen molar-refractivity contribution in [1.29, 1.82) is 0 Å². The van der Waals surface area contributed by atoms with Gasteiger partial charge in [0.15, 0.2) is 0 Å². The number of alkyl halides is 3. The summed E-state index contributed by atoms with van der Waals surface area (Å²) >= 11 is 0. The van der Waals surface area contributed by atoms with Gasteiger partial charge in [0.05, 0.1) is 18.0 Å². The van der Waals surface area contributed by atoms with Crippen molar-refractivity contribution in [2.75, 3.05) is 0 Å².